The molecule has 0 radical (unpaired) electrons. The molecule has 0 aliphatic heterocycles. The first-order valence-electron chi connectivity index (χ1n) is 21.2. The average molecular weight is 663 g/mol. The minimum atomic E-state index is 0.305. The van der Waals surface area contributed by atoms with Gasteiger partial charge in [-0.2, -0.15) is 0 Å². The van der Waals surface area contributed by atoms with E-state index in [1.165, 1.54) is 172 Å². The molecule has 2 aromatic carbocycles. The fourth-order valence-corrected chi connectivity index (χ4v) is 7.48. The molecule has 0 aliphatic rings. The quantitative estimate of drug-likeness (QED) is 0.0765. The molecule has 2 aromatic rings. The molecule has 2 rings (SSSR count). The third-order valence-corrected chi connectivity index (χ3v) is 10.7. The van der Waals surface area contributed by atoms with E-state index in [-0.39, 0.29) is 0 Å². The summed E-state index contributed by atoms with van der Waals surface area (Å²) < 4.78 is 0. The van der Waals surface area contributed by atoms with Gasteiger partial charge in [0.15, 0.2) is 0 Å². The number of rotatable bonds is 32. The zero-order chi connectivity index (χ0) is 34.5. The van der Waals surface area contributed by atoms with Crippen molar-refractivity contribution in [2.45, 2.75) is 219 Å². The Kier molecular flexibility index (Phi) is 25.4. The summed E-state index contributed by atoms with van der Waals surface area (Å²) in [6.07, 6.45) is 39.0. The number of benzene rings is 2. The van der Waals surface area contributed by atoms with E-state index in [2.05, 4.69) is 45.0 Å². The van der Waals surface area contributed by atoms with E-state index in [4.69, 9.17) is 0 Å². The summed E-state index contributed by atoms with van der Waals surface area (Å²) in [7, 11) is 0. The Bertz CT molecular complexity index is 959. The molecule has 0 aromatic heterocycles. The zero-order valence-electron chi connectivity index (χ0n) is 32.1. The summed E-state index contributed by atoms with van der Waals surface area (Å²) in [4.78, 5) is 0. The van der Waals surface area contributed by atoms with E-state index in [0.29, 0.717) is 17.4 Å². The number of aryl methyl sites for hydroxylation is 2. The molecule has 0 saturated carbocycles. The lowest BCUT2D eigenvalue weighted by Crippen LogP contribution is -2.04. The van der Waals surface area contributed by atoms with E-state index in [1.54, 1.807) is 0 Å². The van der Waals surface area contributed by atoms with E-state index in [0.717, 1.165) is 43.2 Å². The van der Waals surface area contributed by atoms with E-state index < -0.39 is 0 Å². The highest BCUT2D eigenvalue weighted by Crippen LogP contribution is 2.36. The second-order valence-electron chi connectivity index (χ2n) is 15.1. The lowest BCUT2D eigenvalue weighted by atomic mass is 9.84. The fourth-order valence-electron chi connectivity index (χ4n) is 7.48. The minimum absolute atomic E-state index is 0.305. The van der Waals surface area contributed by atoms with Crippen LogP contribution in [0.5, 0.6) is 11.5 Å². The molecule has 274 valence electrons. The Balaban J connectivity index is 1.97. The van der Waals surface area contributed by atoms with Gasteiger partial charge in [-0.05, 0) is 66.5 Å². The summed E-state index contributed by atoms with van der Waals surface area (Å²) in [5.41, 5.74) is 4.88. The number of hydrogen-bond acceptors (Lipinski definition) is 2. The van der Waals surface area contributed by atoms with Gasteiger partial charge in [-0.15, -0.1) is 0 Å². The summed E-state index contributed by atoms with van der Waals surface area (Å²) in [5.74, 6) is 1.21. The Morgan fingerprint density at radius 3 is 1.00 bits per heavy atom. The molecule has 0 amide bonds. The summed E-state index contributed by atoms with van der Waals surface area (Å²) in [6, 6.07) is 12.8. The molecule has 0 aliphatic carbocycles. The maximum Gasteiger partial charge on any atom is 0.118 e. The van der Waals surface area contributed by atoms with Crippen molar-refractivity contribution < 1.29 is 10.2 Å². The molecule has 0 bridgehead atoms. The van der Waals surface area contributed by atoms with Crippen LogP contribution in [-0.4, -0.2) is 10.2 Å². The maximum atomic E-state index is 10.8. The first-order chi connectivity index (χ1) is 23.6. The number of unbranched alkanes of at least 4 members (excludes halogenated alkanes) is 24. The predicted octanol–water partition coefficient (Wildman–Crippen LogP) is 15.3. The molecule has 0 heterocycles. The number of aromatic hydroxyl groups is 2. The van der Waals surface area contributed by atoms with Crippen LogP contribution in [0.1, 0.15) is 229 Å². The molecule has 0 spiro atoms. The molecule has 0 atom stereocenters. The van der Waals surface area contributed by atoms with Crippen LogP contribution in [0.15, 0.2) is 36.4 Å². The van der Waals surface area contributed by atoms with Gasteiger partial charge in [-0.3, -0.25) is 0 Å². The van der Waals surface area contributed by atoms with Crippen LogP contribution in [0.2, 0.25) is 0 Å². The Labute approximate surface area is 298 Å². The minimum Gasteiger partial charge on any atom is -0.508 e. The van der Waals surface area contributed by atoms with Crippen molar-refractivity contribution in [1.82, 2.24) is 0 Å². The molecular weight excluding hydrogens is 585 g/mol. The van der Waals surface area contributed by atoms with Gasteiger partial charge >= 0.3 is 0 Å². The third-order valence-electron chi connectivity index (χ3n) is 10.7. The summed E-state index contributed by atoms with van der Waals surface area (Å²) in [5, 5.41) is 21.6. The number of phenols is 2. The van der Waals surface area contributed by atoms with Crippen LogP contribution >= 0.6 is 0 Å². The number of phenolic OH excluding ortho intramolecular Hbond substituents is 2. The van der Waals surface area contributed by atoms with E-state index >= 15 is 0 Å². The van der Waals surface area contributed by atoms with Crippen molar-refractivity contribution >= 4 is 0 Å². The van der Waals surface area contributed by atoms with Crippen LogP contribution in [0.4, 0.5) is 0 Å². The third kappa shape index (κ3) is 19.3. The van der Waals surface area contributed by atoms with Gasteiger partial charge in [-0.25, -0.2) is 0 Å². The van der Waals surface area contributed by atoms with Crippen LogP contribution in [0.25, 0.3) is 0 Å². The fraction of sp³-hybridized carbons (Fsp3) is 0.739. The predicted molar refractivity (Wildman–Crippen MR) is 212 cm³/mol. The lowest BCUT2D eigenvalue weighted by Gasteiger charge is -2.21. The summed E-state index contributed by atoms with van der Waals surface area (Å²) >= 11 is 0. The first kappa shape index (κ1) is 42.2. The molecule has 0 unspecified atom stereocenters. The zero-order valence-corrected chi connectivity index (χ0v) is 32.1. The molecule has 48 heavy (non-hydrogen) atoms. The van der Waals surface area contributed by atoms with Crippen molar-refractivity contribution in [2.24, 2.45) is 0 Å². The lowest BCUT2D eigenvalue weighted by molar-refractivity contribution is 0.464. The molecule has 0 saturated heterocycles. The smallest absolute Gasteiger partial charge is 0.118 e. The first-order valence-corrected chi connectivity index (χ1v) is 21.2. The van der Waals surface area contributed by atoms with Gasteiger partial charge in [-0.1, -0.05) is 206 Å². The molecule has 0 fully saturated rings. The maximum absolute atomic E-state index is 10.8. The molecular formula is C46H78O2. The van der Waals surface area contributed by atoms with Crippen LogP contribution in [0, 0.1) is 0 Å². The highest BCUT2D eigenvalue weighted by atomic mass is 16.3. The highest BCUT2D eigenvalue weighted by molar-refractivity contribution is 5.44. The topological polar surface area (TPSA) is 40.5 Å². The van der Waals surface area contributed by atoms with Crippen LogP contribution in [-0.2, 0) is 12.8 Å². The van der Waals surface area contributed by atoms with Crippen molar-refractivity contribution in [3.05, 3.63) is 58.7 Å². The van der Waals surface area contributed by atoms with Gasteiger partial charge in [0.25, 0.3) is 0 Å². The van der Waals surface area contributed by atoms with E-state index in [1.807, 2.05) is 12.1 Å². The normalized spacial score (nSPS) is 11.6. The average Bonchev–Trinajstić information content (AvgIpc) is 3.09. The Morgan fingerprint density at radius 1 is 0.375 bits per heavy atom. The molecule has 2 nitrogen and oxygen atoms in total. The van der Waals surface area contributed by atoms with Gasteiger partial charge in [0.2, 0.25) is 0 Å². The summed E-state index contributed by atoms with van der Waals surface area (Å²) in [6.45, 7) is 6.85. The van der Waals surface area contributed by atoms with Crippen molar-refractivity contribution in [3.63, 3.8) is 0 Å². The highest BCUT2D eigenvalue weighted by Gasteiger charge is 2.18. The van der Waals surface area contributed by atoms with Gasteiger partial charge in [0.1, 0.15) is 11.5 Å². The Hall–Kier alpha value is -1.96. The van der Waals surface area contributed by atoms with Crippen LogP contribution < -0.4 is 0 Å². The van der Waals surface area contributed by atoms with Crippen molar-refractivity contribution in [1.29, 1.82) is 0 Å². The SMILES string of the molecule is CCCCCCCCCCCCCCCC(c1ccc(O)c(CCCCCCCCC)c1)c1ccc(O)c(CCCCCCCCC)c1. The second kappa shape index (κ2) is 28.8. The standard InChI is InChI=1S/C46H78O2/c1-4-7-10-13-16-17-18-19-20-21-24-27-30-33-44(40-34-36-45(47)42(38-40)31-28-25-22-14-11-8-5-2)41-35-37-46(48)43(39-41)32-29-26-23-15-12-9-6-3/h34-39,44,47-48H,4-33H2,1-3H3. The van der Waals surface area contributed by atoms with Crippen molar-refractivity contribution in [2.75, 3.05) is 0 Å². The molecule has 2 heteroatoms. The van der Waals surface area contributed by atoms with E-state index in [9.17, 15) is 10.2 Å². The Morgan fingerprint density at radius 2 is 0.667 bits per heavy atom. The van der Waals surface area contributed by atoms with Gasteiger partial charge in [0.05, 0.1) is 0 Å². The molecule has 2 N–H and O–H groups in total. The monoisotopic (exact) mass is 663 g/mol. The van der Waals surface area contributed by atoms with Crippen LogP contribution in [0.3, 0.4) is 0 Å². The van der Waals surface area contributed by atoms with Gasteiger partial charge < -0.3 is 10.2 Å². The largest absolute Gasteiger partial charge is 0.508 e. The van der Waals surface area contributed by atoms with Crippen molar-refractivity contribution in [3.8, 4) is 11.5 Å². The number of hydrogen-bond donors (Lipinski definition) is 2. The second-order valence-corrected chi connectivity index (χ2v) is 15.1. The van der Waals surface area contributed by atoms with Gasteiger partial charge in [0, 0.05) is 5.92 Å².